The van der Waals surface area contributed by atoms with Gasteiger partial charge in [0.25, 0.3) is 0 Å². The standard InChI is InChI=1S/C23H28BrFN2O2/c1-2-28-22-12-17(13-26-21-14-27-9-7-18(21)8-10-27)11-20(24)23(22)29-15-16-3-5-19(25)6-4-16/h3-6,11-12,18,21,26H,2,7-10,13-15H2,1H3. The van der Waals surface area contributed by atoms with Crippen molar-refractivity contribution in [3.05, 3.63) is 57.8 Å². The maximum Gasteiger partial charge on any atom is 0.175 e. The van der Waals surface area contributed by atoms with Crippen molar-refractivity contribution in [1.29, 1.82) is 0 Å². The molecule has 3 aliphatic heterocycles. The summed E-state index contributed by atoms with van der Waals surface area (Å²) in [5.41, 5.74) is 2.08. The molecule has 0 aliphatic carbocycles. The summed E-state index contributed by atoms with van der Waals surface area (Å²) in [7, 11) is 0. The van der Waals surface area contributed by atoms with Gasteiger partial charge >= 0.3 is 0 Å². The number of benzene rings is 2. The summed E-state index contributed by atoms with van der Waals surface area (Å²) in [6.07, 6.45) is 2.61. The molecule has 1 unspecified atom stereocenters. The molecule has 0 aromatic heterocycles. The van der Waals surface area contributed by atoms with Crippen LogP contribution in [-0.2, 0) is 13.2 Å². The number of nitrogens with one attached hydrogen (secondary N) is 1. The maximum absolute atomic E-state index is 13.1. The molecule has 2 bridgehead atoms. The van der Waals surface area contributed by atoms with E-state index in [0.29, 0.717) is 25.0 Å². The van der Waals surface area contributed by atoms with Gasteiger partial charge in [0, 0.05) is 19.1 Å². The molecule has 0 amide bonds. The van der Waals surface area contributed by atoms with E-state index in [2.05, 4.69) is 38.3 Å². The zero-order chi connectivity index (χ0) is 20.2. The molecule has 5 rings (SSSR count). The van der Waals surface area contributed by atoms with E-state index < -0.39 is 0 Å². The Labute approximate surface area is 180 Å². The van der Waals surface area contributed by atoms with Crippen molar-refractivity contribution in [2.24, 2.45) is 5.92 Å². The number of fused-ring (bicyclic) bond motifs is 3. The van der Waals surface area contributed by atoms with E-state index in [1.807, 2.05) is 6.92 Å². The number of ether oxygens (including phenoxy) is 2. The lowest BCUT2D eigenvalue weighted by Gasteiger charge is -2.45. The third-order valence-electron chi connectivity index (χ3n) is 5.89. The SMILES string of the molecule is CCOc1cc(CNC2CN3CCC2CC3)cc(Br)c1OCc1ccc(F)cc1. The molecule has 3 saturated heterocycles. The molecule has 4 nitrogen and oxygen atoms in total. The molecule has 2 aromatic carbocycles. The Balaban J connectivity index is 1.43. The molecular formula is C23H28BrFN2O2. The molecule has 2 aromatic rings. The molecule has 3 aliphatic rings. The average molecular weight is 463 g/mol. The summed E-state index contributed by atoms with van der Waals surface area (Å²) in [5, 5.41) is 3.75. The van der Waals surface area contributed by atoms with Gasteiger partial charge in [0.2, 0.25) is 0 Å². The Morgan fingerprint density at radius 1 is 1.10 bits per heavy atom. The van der Waals surface area contributed by atoms with Crippen LogP contribution in [0, 0.1) is 11.7 Å². The summed E-state index contributed by atoms with van der Waals surface area (Å²) >= 11 is 3.65. The van der Waals surface area contributed by atoms with Crippen molar-refractivity contribution < 1.29 is 13.9 Å². The van der Waals surface area contributed by atoms with E-state index in [1.54, 1.807) is 12.1 Å². The molecule has 1 atom stereocenters. The number of hydrogen-bond donors (Lipinski definition) is 1. The van der Waals surface area contributed by atoms with Crippen LogP contribution in [0.4, 0.5) is 4.39 Å². The number of rotatable bonds is 8. The highest BCUT2D eigenvalue weighted by atomic mass is 79.9. The second kappa shape index (κ2) is 9.45. The second-order valence-corrected chi connectivity index (χ2v) is 8.73. The predicted octanol–water partition coefficient (Wildman–Crippen LogP) is 4.75. The van der Waals surface area contributed by atoms with E-state index in [4.69, 9.17) is 9.47 Å². The van der Waals surface area contributed by atoms with E-state index >= 15 is 0 Å². The van der Waals surface area contributed by atoms with Crippen LogP contribution >= 0.6 is 15.9 Å². The number of halogens is 2. The van der Waals surface area contributed by atoms with E-state index in [9.17, 15) is 4.39 Å². The summed E-state index contributed by atoms with van der Waals surface area (Å²) in [6.45, 7) is 7.36. The molecule has 1 N–H and O–H groups in total. The average Bonchev–Trinajstić information content (AvgIpc) is 2.74. The monoisotopic (exact) mass is 462 g/mol. The van der Waals surface area contributed by atoms with Crippen molar-refractivity contribution in [3.63, 3.8) is 0 Å². The van der Waals surface area contributed by atoms with Crippen LogP contribution in [0.3, 0.4) is 0 Å². The van der Waals surface area contributed by atoms with Crippen LogP contribution in [0.5, 0.6) is 11.5 Å². The summed E-state index contributed by atoms with van der Waals surface area (Å²) in [4.78, 5) is 2.56. The lowest BCUT2D eigenvalue weighted by molar-refractivity contribution is 0.0720. The van der Waals surface area contributed by atoms with Gasteiger partial charge in [-0.2, -0.15) is 0 Å². The van der Waals surface area contributed by atoms with E-state index in [-0.39, 0.29) is 5.82 Å². The van der Waals surface area contributed by atoms with Gasteiger partial charge in [0.1, 0.15) is 12.4 Å². The Bertz CT molecular complexity index is 822. The Kier molecular flexibility index (Phi) is 6.73. The minimum absolute atomic E-state index is 0.246. The van der Waals surface area contributed by atoms with Gasteiger partial charge in [0.05, 0.1) is 11.1 Å². The fourth-order valence-electron chi connectivity index (χ4n) is 4.31. The van der Waals surface area contributed by atoms with Crippen molar-refractivity contribution >= 4 is 15.9 Å². The van der Waals surface area contributed by atoms with Gasteiger partial charge in [-0.05, 0) is 90.1 Å². The highest BCUT2D eigenvalue weighted by molar-refractivity contribution is 9.10. The first kappa shape index (κ1) is 20.6. The quantitative estimate of drug-likeness (QED) is 0.613. The van der Waals surface area contributed by atoms with Crippen LogP contribution < -0.4 is 14.8 Å². The van der Waals surface area contributed by atoms with Crippen molar-refractivity contribution in [3.8, 4) is 11.5 Å². The number of piperidine rings is 3. The minimum Gasteiger partial charge on any atom is -0.490 e. The van der Waals surface area contributed by atoms with Gasteiger partial charge in [0.15, 0.2) is 11.5 Å². The lowest BCUT2D eigenvalue weighted by atomic mass is 9.84. The molecule has 3 heterocycles. The van der Waals surface area contributed by atoms with Gasteiger partial charge in [-0.3, -0.25) is 0 Å². The highest BCUT2D eigenvalue weighted by Gasteiger charge is 2.33. The predicted molar refractivity (Wildman–Crippen MR) is 116 cm³/mol. The number of nitrogens with zero attached hydrogens (tertiary/aromatic N) is 1. The second-order valence-electron chi connectivity index (χ2n) is 7.88. The summed E-state index contributed by atoms with van der Waals surface area (Å²) < 4.78 is 25.8. The molecule has 3 fully saturated rings. The number of hydrogen-bond acceptors (Lipinski definition) is 4. The zero-order valence-corrected chi connectivity index (χ0v) is 18.4. The van der Waals surface area contributed by atoms with Crippen LogP contribution in [0.25, 0.3) is 0 Å². The molecule has 0 saturated carbocycles. The zero-order valence-electron chi connectivity index (χ0n) is 16.8. The first-order valence-corrected chi connectivity index (χ1v) is 11.2. The third-order valence-corrected chi connectivity index (χ3v) is 6.48. The molecule has 0 spiro atoms. The van der Waals surface area contributed by atoms with Gasteiger partial charge in [-0.1, -0.05) is 12.1 Å². The summed E-state index contributed by atoms with van der Waals surface area (Å²) in [5.74, 6) is 1.97. The molecule has 6 heteroatoms. The van der Waals surface area contributed by atoms with Crippen molar-refractivity contribution in [2.75, 3.05) is 26.2 Å². The fraction of sp³-hybridized carbons (Fsp3) is 0.478. The van der Waals surface area contributed by atoms with Crippen molar-refractivity contribution in [2.45, 2.75) is 39.0 Å². The summed E-state index contributed by atoms with van der Waals surface area (Å²) in [6, 6.07) is 11.1. The largest absolute Gasteiger partial charge is 0.490 e. The first-order valence-electron chi connectivity index (χ1n) is 10.4. The normalized spacial score (nSPS) is 23.2. The Hall–Kier alpha value is -1.63. The Morgan fingerprint density at radius 2 is 1.86 bits per heavy atom. The topological polar surface area (TPSA) is 33.7 Å². The van der Waals surface area contributed by atoms with E-state index in [1.165, 1.54) is 43.6 Å². The van der Waals surface area contributed by atoms with E-state index in [0.717, 1.165) is 34.8 Å². The third kappa shape index (κ3) is 5.11. The van der Waals surface area contributed by atoms with Crippen LogP contribution in [0.2, 0.25) is 0 Å². The Morgan fingerprint density at radius 3 is 2.52 bits per heavy atom. The van der Waals surface area contributed by atoms with Crippen LogP contribution in [0.15, 0.2) is 40.9 Å². The van der Waals surface area contributed by atoms with Crippen LogP contribution in [0.1, 0.15) is 30.9 Å². The first-order chi connectivity index (χ1) is 14.1. The maximum atomic E-state index is 13.1. The van der Waals surface area contributed by atoms with Gasteiger partial charge in [-0.25, -0.2) is 4.39 Å². The van der Waals surface area contributed by atoms with Crippen molar-refractivity contribution in [1.82, 2.24) is 10.2 Å². The fourth-order valence-corrected chi connectivity index (χ4v) is 4.91. The molecule has 0 radical (unpaired) electrons. The molecule has 156 valence electrons. The minimum atomic E-state index is -0.246. The lowest BCUT2D eigenvalue weighted by Crippen LogP contribution is -2.55. The van der Waals surface area contributed by atoms with Crippen LogP contribution in [-0.4, -0.2) is 37.2 Å². The molecular weight excluding hydrogens is 435 g/mol. The van der Waals surface area contributed by atoms with Gasteiger partial charge in [-0.15, -0.1) is 0 Å². The smallest absolute Gasteiger partial charge is 0.175 e. The van der Waals surface area contributed by atoms with Gasteiger partial charge < -0.3 is 19.7 Å². The molecule has 29 heavy (non-hydrogen) atoms. The highest BCUT2D eigenvalue weighted by Crippen LogP contribution is 2.38.